The Hall–Kier alpha value is -1.84. The lowest BCUT2D eigenvalue weighted by molar-refractivity contribution is 0.163. The molecule has 0 heterocycles. The maximum absolute atomic E-state index is 10.2. The van der Waals surface area contributed by atoms with E-state index in [0.29, 0.717) is 6.61 Å². The van der Waals surface area contributed by atoms with Crippen LogP contribution in [0.2, 0.25) is 0 Å². The first-order chi connectivity index (χ1) is 10.7. The Morgan fingerprint density at radius 1 is 1.05 bits per heavy atom. The van der Waals surface area contributed by atoms with Crippen LogP contribution in [0.5, 0.6) is 5.75 Å². The molecule has 0 bridgehead atoms. The third kappa shape index (κ3) is 4.58. The van der Waals surface area contributed by atoms with E-state index in [4.69, 9.17) is 4.74 Å². The smallest absolute Gasteiger partial charge is 0.120 e. The Morgan fingerprint density at radius 3 is 2.55 bits per heavy atom. The number of benzene rings is 2. The van der Waals surface area contributed by atoms with Gasteiger partial charge in [-0.2, -0.15) is 0 Å². The molecule has 2 rings (SSSR count). The molecule has 1 atom stereocenters. The predicted molar refractivity (Wildman–Crippen MR) is 87.6 cm³/mol. The van der Waals surface area contributed by atoms with Crippen LogP contribution in [-0.2, 0) is 13.2 Å². The first-order valence-corrected chi connectivity index (χ1v) is 7.83. The van der Waals surface area contributed by atoms with Gasteiger partial charge in [0.1, 0.15) is 12.4 Å². The highest BCUT2D eigenvalue weighted by molar-refractivity contribution is 5.31. The molecule has 22 heavy (non-hydrogen) atoms. The lowest BCUT2D eigenvalue weighted by Crippen LogP contribution is -2.01. The zero-order valence-corrected chi connectivity index (χ0v) is 13.0. The molecule has 0 aliphatic heterocycles. The van der Waals surface area contributed by atoms with Crippen molar-refractivity contribution in [1.82, 2.24) is 0 Å². The second-order valence-electron chi connectivity index (χ2n) is 5.45. The molecule has 0 amide bonds. The molecule has 3 heteroatoms. The summed E-state index contributed by atoms with van der Waals surface area (Å²) in [6.07, 6.45) is 2.42. The van der Waals surface area contributed by atoms with Crippen LogP contribution >= 0.6 is 0 Å². The summed E-state index contributed by atoms with van der Waals surface area (Å²) in [6, 6.07) is 15.3. The van der Waals surface area contributed by atoms with Gasteiger partial charge in [0, 0.05) is 0 Å². The quantitative estimate of drug-likeness (QED) is 0.775. The molecule has 0 saturated heterocycles. The predicted octanol–water partition coefficient (Wildman–Crippen LogP) is 3.98. The third-order valence-electron chi connectivity index (χ3n) is 3.76. The molecule has 0 fully saturated rings. The van der Waals surface area contributed by atoms with E-state index in [-0.39, 0.29) is 6.61 Å². The summed E-state index contributed by atoms with van der Waals surface area (Å²) in [5.74, 6) is 0.737. The second kappa shape index (κ2) is 8.57. The molecule has 2 N–H and O–H groups in total. The summed E-state index contributed by atoms with van der Waals surface area (Å²) in [5.41, 5.74) is 2.74. The van der Waals surface area contributed by atoms with Crippen molar-refractivity contribution in [3.8, 4) is 5.75 Å². The molecule has 2 aromatic rings. The Kier molecular flexibility index (Phi) is 6.44. The fraction of sp³-hybridized carbons (Fsp3) is 0.368. The Labute approximate surface area is 132 Å². The van der Waals surface area contributed by atoms with Crippen LogP contribution in [0.1, 0.15) is 49.0 Å². The van der Waals surface area contributed by atoms with E-state index in [2.05, 4.69) is 6.92 Å². The maximum atomic E-state index is 10.2. The van der Waals surface area contributed by atoms with Crippen molar-refractivity contribution in [3.05, 3.63) is 65.2 Å². The van der Waals surface area contributed by atoms with Gasteiger partial charge in [-0.3, -0.25) is 0 Å². The minimum Gasteiger partial charge on any atom is -0.489 e. The molecule has 0 saturated carbocycles. The van der Waals surface area contributed by atoms with E-state index >= 15 is 0 Å². The van der Waals surface area contributed by atoms with Crippen LogP contribution in [0.4, 0.5) is 0 Å². The van der Waals surface area contributed by atoms with Crippen molar-refractivity contribution in [1.29, 1.82) is 0 Å². The van der Waals surface area contributed by atoms with Crippen molar-refractivity contribution in [2.45, 2.75) is 45.5 Å². The fourth-order valence-electron chi connectivity index (χ4n) is 2.39. The maximum Gasteiger partial charge on any atom is 0.120 e. The van der Waals surface area contributed by atoms with Gasteiger partial charge in [-0.15, -0.1) is 0 Å². The Morgan fingerprint density at radius 2 is 1.82 bits per heavy atom. The number of aliphatic hydroxyl groups is 2. The van der Waals surface area contributed by atoms with Crippen LogP contribution in [0, 0.1) is 0 Å². The summed E-state index contributed by atoms with van der Waals surface area (Å²) in [6.45, 7) is 2.53. The number of aliphatic hydroxyl groups excluding tert-OH is 2. The minimum absolute atomic E-state index is 0.00923. The largest absolute Gasteiger partial charge is 0.489 e. The number of rotatable bonds is 8. The highest BCUT2D eigenvalue weighted by Crippen LogP contribution is 2.24. The van der Waals surface area contributed by atoms with Gasteiger partial charge in [-0.25, -0.2) is 0 Å². The molecule has 118 valence electrons. The van der Waals surface area contributed by atoms with Gasteiger partial charge in [-0.05, 0) is 35.2 Å². The number of hydrogen-bond acceptors (Lipinski definition) is 3. The van der Waals surface area contributed by atoms with Crippen molar-refractivity contribution < 1.29 is 14.9 Å². The van der Waals surface area contributed by atoms with Gasteiger partial charge in [0.25, 0.3) is 0 Å². The molecule has 0 spiro atoms. The number of unbranched alkanes of at least 4 members (excludes halogenated alkanes) is 1. The first kappa shape index (κ1) is 16.5. The summed E-state index contributed by atoms with van der Waals surface area (Å²) < 4.78 is 5.81. The van der Waals surface area contributed by atoms with Crippen molar-refractivity contribution in [3.63, 3.8) is 0 Å². The molecular formula is C19H24O3. The van der Waals surface area contributed by atoms with Crippen LogP contribution in [0.25, 0.3) is 0 Å². The van der Waals surface area contributed by atoms with Crippen LogP contribution < -0.4 is 4.74 Å². The standard InChI is InChI=1S/C19H24O3/c1-2-3-11-19(21)15-9-6-10-18(12-15)22-14-17-8-5-4-7-16(17)13-20/h4-10,12,19-21H,2-3,11,13-14H2,1H3. The SMILES string of the molecule is CCCCC(O)c1cccc(OCc2ccccc2CO)c1. The normalized spacial score (nSPS) is 12.1. The average Bonchev–Trinajstić information content (AvgIpc) is 2.58. The van der Waals surface area contributed by atoms with Crippen molar-refractivity contribution in [2.24, 2.45) is 0 Å². The van der Waals surface area contributed by atoms with E-state index in [1.165, 1.54) is 0 Å². The molecular weight excluding hydrogens is 276 g/mol. The summed E-state index contributed by atoms with van der Waals surface area (Å²) in [7, 11) is 0. The van der Waals surface area contributed by atoms with Gasteiger partial charge < -0.3 is 14.9 Å². The van der Waals surface area contributed by atoms with E-state index < -0.39 is 6.10 Å². The zero-order chi connectivity index (χ0) is 15.8. The van der Waals surface area contributed by atoms with Gasteiger partial charge in [0.15, 0.2) is 0 Å². The van der Waals surface area contributed by atoms with Crippen LogP contribution in [0.15, 0.2) is 48.5 Å². The van der Waals surface area contributed by atoms with Crippen molar-refractivity contribution in [2.75, 3.05) is 0 Å². The summed E-state index contributed by atoms with van der Waals surface area (Å²) in [5, 5.41) is 19.5. The monoisotopic (exact) mass is 300 g/mol. The van der Waals surface area contributed by atoms with Gasteiger partial charge >= 0.3 is 0 Å². The molecule has 1 unspecified atom stereocenters. The number of ether oxygens (including phenoxy) is 1. The fourth-order valence-corrected chi connectivity index (χ4v) is 2.39. The lowest BCUT2D eigenvalue weighted by atomic mass is 10.0. The minimum atomic E-state index is -0.437. The number of hydrogen-bond donors (Lipinski definition) is 2. The highest BCUT2D eigenvalue weighted by Gasteiger charge is 2.08. The highest BCUT2D eigenvalue weighted by atomic mass is 16.5. The third-order valence-corrected chi connectivity index (χ3v) is 3.76. The average molecular weight is 300 g/mol. The molecule has 0 radical (unpaired) electrons. The van der Waals surface area contributed by atoms with Gasteiger partial charge in [0.2, 0.25) is 0 Å². The van der Waals surface area contributed by atoms with Gasteiger partial charge in [0.05, 0.1) is 12.7 Å². The van der Waals surface area contributed by atoms with Crippen LogP contribution in [-0.4, -0.2) is 10.2 Å². The zero-order valence-electron chi connectivity index (χ0n) is 13.0. The van der Waals surface area contributed by atoms with E-state index in [9.17, 15) is 10.2 Å². The Bertz CT molecular complexity index is 580. The summed E-state index contributed by atoms with van der Waals surface area (Å²) >= 11 is 0. The van der Waals surface area contributed by atoms with Crippen molar-refractivity contribution >= 4 is 0 Å². The molecule has 3 nitrogen and oxygen atoms in total. The molecule has 2 aromatic carbocycles. The topological polar surface area (TPSA) is 49.7 Å². The lowest BCUT2D eigenvalue weighted by Gasteiger charge is -2.13. The molecule has 0 aromatic heterocycles. The van der Waals surface area contributed by atoms with Gasteiger partial charge in [-0.1, -0.05) is 56.2 Å². The summed E-state index contributed by atoms with van der Waals surface area (Å²) in [4.78, 5) is 0. The van der Waals surface area contributed by atoms with E-state index in [1.54, 1.807) is 0 Å². The first-order valence-electron chi connectivity index (χ1n) is 7.83. The Balaban J connectivity index is 2.01. The molecule has 0 aliphatic carbocycles. The molecule has 0 aliphatic rings. The van der Waals surface area contributed by atoms with E-state index in [1.807, 2.05) is 48.5 Å². The second-order valence-corrected chi connectivity index (χ2v) is 5.45. The van der Waals surface area contributed by atoms with Crippen LogP contribution in [0.3, 0.4) is 0 Å². The van der Waals surface area contributed by atoms with E-state index in [0.717, 1.165) is 41.7 Å².